The summed E-state index contributed by atoms with van der Waals surface area (Å²) >= 11 is 5.58. The van der Waals surface area contributed by atoms with Crippen molar-refractivity contribution in [2.24, 2.45) is 0 Å². The molecule has 2 rings (SSSR count). The third-order valence-corrected chi connectivity index (χ3v) is 2.82. The number of hydrogen-bond acceptors (Lipinski definition) is 3. The molecule has 0 aliphatic rings. The van der Waals surface area contributed by atoms with Gasteiger partial charge in [-0.25, -0.2) is 4.98 Å². The second-order valence-electron chi connectivity index (χ2n) is 4.21. The number of hydrogen-bond donors (Lipinski definition) is 0. The highest BCUT2D eigenvalue weighted by atomic mass is 35.5. The van der Waals surface area contributed by atoms with E-state index in [0.29, 0.717) is 17.2 Å². The van der Waals surface area contributed by atoms with Crippen LogP contribution in [0.5, 0.6) is 11.6 Å². The monoisotopic (exact) mass is 312 g/mol. The number of ether oxygens (including phenoxy) is 1. The molecule has 0 unspecified atom stereocenters. The number of aromatic nitrogens is 1. The van der Waals surface area contributed by atoms with Gasteiger partial charge in [0.2, 0.25) is 5.88 Å². The van der Waals surface area contributed by atoms with Gasteiger partial charge < -0.3 is 4.74 Å². The summed E-state index contributed by atoms with van der Waals surface area (Å²) in [7, 11) is 0. The Morgan fingerprint density at radius 3 is 2.57 bits per heavy atom. The highest BCUT2D eigenvalue weighted by Crippen LogP contribution is 2.34. The zero-order chi connectivity index (χ0) is 15.6. The summed E-state index contributed by atoms with van der Waals surface area (Å²) in [6.07, 6.45) is -4.55. The number of nitriles is 1. The molecule has 1 heterocycles. The Hall–Kier alpha value is -2.26. The molecule has 0 atom stereocenters. The standard InChI is InChI=1S/C14H8ClF3N2O/c1-8-2-3-9(7-19)4-11(8)21-13-6-10(14(16,17)18)5-12(15)20-13/h2-6H,1H3. The molecule has 3 nitrogen and oxygen atoms in total. The van der Waals surface area contributed by atoms with Crippen LogP contribution in [0.1, 0.15) is 16.7 Å². The Labute approximate surface area is 123 Å². The van der Waals surface area contributed by atoms with Crippen LogP contribution in [0.3, 0.4) is 0 Å². The maximum atomic E-state index is 12.7. The quantitative estimate of drug-likeness (QED) is 0.753. The molecular formula is C14H8ClF3N2O. The van der Waals surface area contributed by atoms with E-state index in [9.17, 15) is 13.2 Å². The topological polar surface area (TPSA) is 45.9 Å². The molecule has 0 aliphatic heterocycles. The Morgan fingerprint density at radius 1 is 1.24 bits per heavy atom. The van der Waals surface area contributed by atoms with Crippen LogP contribution in [-0.4, -0.2) is 4.98 Å². The molecule has 0 aliphatic carbocycles. The summed E-state index contributed by atoms with van der Waals surface area (Å²) < 4.78 is 43.4. The van der Waals surface area contributed by atoms with Gasteiger partial charge in [-0.1, -0.05) is 17.7 Å². The fraction of sp³-hybridized carbons (Fsp3) is 0.143. The first-order valence-electron chi connectivity index (χ1n) is 5.73. The zero-order valence-corrected chi connectivity index (χ0v) is 11.5. The van der Waals surface area contributed by atoms with Gasteiger partial charge in [-0.15, -0.1) is 0 Å². The lowest BCUT2D eigenvalue weighted by molar-refractivity contribution is -0.137. The first kappa shape index (κ1) is 15.1. The molecule has 108 valence electrons. The minimum Gasteiger partial charge on any atom is -0.439 e. The first-order chi connectivity index (χ1) is 9.79. The van der Waals surface area contributed by atoms with E-state index in [1.807, 2.05) is 6.07 Å². The lowest BCUT2D eigenvalue weighted by atomic mass is 10.1. The highest BCUT2D eigenvalue weighted by Gasteiger charge is 2.31. The van der Waals surface area contributed by atoms with Crippen molar-refractivity contribution in [3.63, 3.8) is 0 Å². The van der Waals surface area contributed by atoms with Crippen LogP contribution >= 0.6 is 11.6 Å². The molecule has 7 heteroatoms. The van der Waals surface area contributed by atoms with E-state index in [-0.39, 0.29) is 16.8 Å². The van der Waals surface area contributed by atoms with E-state index >= 15 is 0 Å². The van der Waals surface area contributed by atoms with Crippen molar-refractivity contribution in [3.8, 4) is 17.7 Å². The Balaban J connectivity index is 2.41. The lowest BCUT2D eigenvalue weighted by Gasteiger charge is -2.11. The number of pyridine rings is 1. The second-order valence-corrected chi connectivity index (χ2v) is 4.60. The summed E-state index contributed by atoms with van der Waals surface area (Å²) in [4.78, 5) is 3.70. The SMILES string of the molecule is Cc1ccc(C#N)cc1Oc1cc(C(F)(F)F)cc(Cl)n1. The molecule has 2 aromatic rings. The molecule has 0 saturated carbocycles. The molecule has 0 N–H and O–H groups in total. The van der Waals surface area contributed by atoms with E-state index in [2.05, 4.69) is 4.98 Å². The third kappa shape index (κ3) is 3.64. The van der Waals surface area contributed by atoms with Crippen molar-refractivity contribution in [3.05, 3.63) is 52.2 Å². The Kier molecular flexibility index (Phi) is 4.05. The maximum absolute atomic E-state index is 12.7. The molecule has 0 bridgehead atoms. The predicted molar refractivity (Wildman–Crippen MR) is 70.2 cm³/mol. The van der Waals surface area contributed by atoms with Crippen molar-refractivity contribution in [2.75, 3.05) is 0 Å². The number of aryl methyl sites for hydroxylation is 1. The maximum Gasteiger partial charge on any atom is 0.416 e. The smallest absolute Gasteiger partial charge is 0.416 e. The molecule has 0 amide bonds. The van der Waals surface area contributed by atoms with Crippen LogP contribution < -0.4 is 4.74 Å². The average Bonchev–Trinajstić information content (AvgIpc) is 2.39. The lowest BCUT2D eigenvalue weighted by Crippen LogP contribution is -2.06. The number of rotatable bonds is 2. The van der Waals surface area contributed by atoms with Crippen molar-refractivity contribution in [2.45, 2.75) is 13.1 Å². The Bertz CT molecular complexity index is 723. The van der Waals surface area contributed by atoms with Crippen LogP contribution in [0.25, 0.3) is 0 Å². The predicted octanol–water partition coefficient (Wildman–Crippen LogP) is 4.73. The van der Waals surface area contributed by atoms with Crippen molar-refractivity contribution >= 4 is 11.6 Å². The average molecular weight is 313 g/mol. The largest absolute Gasteiger partial charge is 0.439 e. The molecule has 0 fully saturated rings. The zero-order valence-electron chi connectivity index (χ0n) is 10.7. The van der Waals surface area contributed by atoms with Gasteiger partial charge in [-0.3, -0.25) is 0 Å². The van der Waals surface area contributed by atoms with E-state index in [1.54, 1.807) is 19.1 Å². The molecule has 1 aromatic heterocycles. The van der Waals surface area contributed by atoms with Gasteiger partial charge in [-0.2, -0.15) is 18.4 Å². The van der Waals surface area contributed by atoms with Crippen LogP contribution in [0, 0.1) is 18.3 Å². The van der Waals surface area contributed by atoms with Gasteiger partial charge >= 0.3 is 6.18 Å². The van der Waals surface area contributed by atoms with E-state index in [4.69, 9.17) is 21.6 Å². The second kappa shape index (κ2) is 5.62. The number of halogens is 4. The number of nitrogens with zero attached hydrogens (tertiary/aromatic N) is 2. The van der Waals surface area contributed by atoms with E-state index in [1.165, 1.54) is 6.07 Å². The van der Waals surface area contributed by atoms with Crippen molar-refractivity contribution in [1.29, 1.82) is 5.26 Å². The van der Waals surface area contributed by atoms with Gasteiger partial charge in [0.25, 0.3) is 0 Å². The van der Waals surface area contributed by atoms with Gasteiger partial charge in [0.15, 0.2) is 0 Å². The summed E-state index contributed by atoms with van der Waals surface area (Å²) in [6, 6.07) is 8.02. The van der Waals surface area contributed by atoms with Gasteiger partial charge in [-0.05, 0) is 30.7 Å². The molecule has 0 spiro atoms. The van der Waals surface area contributed by atoms with Crippen molar-refractivity contribution in [1.82, 2.24) is 4.98 Å². The minimum absolute atomic E-state index is 0.247. The van der Waals surface area contributed by atoms with Gasteiger partial charge in [0.05, 0.1) is 17.2 Å². The molecule has 21 heavy (non-hydrogen) atoms. The number of benzene rings is 1. The first-order valence-corrected chi connectivity index (χ1v) is 6.11. The third-order valence-electron chi connectivity index (χ3n) is 2.63. The van der Waals surface area contributed by atoms with Crippen molar-refractivity contribution < 1.29 is 17.9 Å². The van der Waals surface area contributed by atoms with Gasteiger partial charge in [0.1, 0.15) is 10.9 Å². The number of alkyl halides is 3. The van der Waals surface area contributed by atoms with Gasteiger partial charge in [0, 0.05) is 6.07 Å². The molecule has 1 aromatic carbocycles. The molecule has 0 radical (unpaired) electrons. The Morgan fingerprint density at radius 2 is 1.95 bits per heavy atom. The highest BCUT2D eigenvalue weighted by molar-refractivity contribution is 6.29. The van der Waals surface area contributed by atoms with Crippen LogP contribution in [0.2, 0.25) is 5.15 Å². The van der Waals surface area contributed by atoms with E-state index in [0.717, 1.165) is 6.07 Å². The molecule has 0 saturated heterocycles. The van der Waals surface area contributed by atoms with Crippen LogP contribution in [0.15, 0.2) is 30.3 Å². The summed E-state index contributed by atoms with van der Waals surface area (Å²) in [5.41, 5.74) is 0.0320. The van der Waals surface area contributed by atoms with Crippen LogP contribution in [-0.2, 0) is 6.18 Å². The molecular weight excluding hydrogens is 305 g/mol. The minimum atomic E-state index is -4.55. The van der Waals surface area contributed by atoms with Crippen LogP contribution in [0.4, 0.5) is 13.2 Å². The fourth-order valence-electron chi connectivity index (χ4n) is 1.58. The van der Waals surface area contributed by atoms with E-state index < -0.39 is 11.7 Å². The fourth-order valence-corrected chi connectivity index (χ4v) is 1.78. The normalized spacial score (nSPS) is 11.0. The summed E-state index contributed by atoms with van der Waals surface area (Å²) in [5.74, 6) is -0.0371. The summed E-state index contributed by atoms with van der Waals surface area (Å²) in [5, 5.41) is 8.50. The summed E-state index contributed by atoms with van der Waals surface area (Å²) in [6.45, 7) is 1.70.